The highest BCUT2D eigenvalue weighted by Gasteiger charge is 2.38. The number of benzene rings is 2. The molecule has 7 heteroatoms. The molecule has 0 heterocycles. The van der Waals surface area contributed by atoms with Crippen molar-refractivity contribution in [3.8, 4) is 11.5 Å². The van der Waals surface area contributed by atoms with Crippen LogP contribution >= 0.6 is 0 Å². The van der Waals surface area contributed by atoms with Gasteiger partial charge in [0.05, 0.1) is 30.9 Å². The lowest BCUT2D eigenvalue weighted by atomic mass is 9.82. The summed E-state index contributed by atoms with van der Waals surface area (Å²) in [6, 6.07) is 7.38. The average molecular weight is 368 g/mol. The fourth-order valence-electron chi connectivity index (χ4n) is 3.17. The summed E-state index contributed by atoms with van der Waals surface area (Å²) in [7, 11) is 2.66. The van der Waals surface area contributed by atoms with Crippen molar-refractivity contribution in [1.29, 1.82) is 0 Å². The monoisotopic (exact) mass is 368 g/mol. The third-order valence-electron chi connectivity index (χ3n) is 4.35. The Labute approximate surface area is 154 Å². The minimum atomic E-state index is -1.32. The van der Waals surface area contributed by atoms with Gasteiger partial charge in [-0.1, -0.05) is 12.1 Å². The lowest BCUT2D eigenvalue weighted by molar-refractivity contribution is -0.110. The molecule has 2 N–H and O–H groups in total. The van der Waals surface area contributed by atoms with Gasteiger partial charge in [0.25, 0.3) is 0 Å². The fraction of sp³-hybridized carbons (Fsp3) is 0.150. The number of aromatic carboxylic acids is 1. The van der Waals surface area contributed by atoms with E-state index in [1.54, 1.807) is 13.0 Å². The molecule has 0 radical (unpaired) electrons. The minimum Gasteiger partial charge on any atom is -0.506 e. The van der Waals surface area contributed by atoms with E-state index in [9.17, 15) is 24.6 Å². The van der Waals surface area contributed by atoms with E-state index >= 15 is 0 Å². The number of ketones is 2. The summed E-state index contributed by atoms with van der Waals surface area (Å²) in [4.78, 5) is 37.3. The first kappa shape index (κ1) is 18.2. The van der Waals surface area contributed by atoms with Crippen molar-refractivity contribution in [2.75, 3.05) is 14.2 Å². The maximum Gasteiger partial charge on any atom is 0.336 e. The normalized spacial score (nSPS) is 13.4. The quantitative estimate of drug-likeness (QED) is 0.798. The molecule has 1 aliphatic rings. The Morgan fingerprint density at radius 3 is 2.22 bits per heavy atom. The molecule has 0 amide bonds. The van der Waals surface area contributed by atoms with E-state index in [1.165, 1.54) is 38.5 Å². The van der Waals surface area contributed by atoms with Crippen LogP contribution in [0.1, 0.15) is 37.4 Å². The van der Waals surface area contributed by atoms with E-state index in [0.717, 1.165) is 0 Å². The van der Waals surface area contributed by atoms with E-state index in [1.807, 2.05) is 0 Å². The number of hydrogen-bond donors (Lipinski definition) is 2. The maximum atomic E-state index is 12.8. The molecule has 0 fully saturated rings. The highest BCUT2D eigenvalue weighted by Crippen LogP contribution is 2.41. The van der Waals surface area contributed by atoms with Crippen molar-refractivity contribution in [1.82, 2.24) is 0 Å². The Morgan fingerprint density at radius 1 is 0.963 bits per heavy atom. The number of allylic oxidation sites excluding steroid dienone is 1. The number of carboxylic acids is 1. The molecule has 0 saturated heterocycles. The van der Waals surface area contributed by atoms with Gasteiger partial charge < -0.3 is 19.7 Å². The number of aliphatic hydroxyl groups is 1. The van der Waals surface area contributed by atoms with E-state index in [4.69, 9.17) is 9.47 Å². The molecule has 3 rings (SSSR count). The van der Waals surface area contributed by atoms with Gasteiger partial charge in [0.2, 0.25) is 11.6 Å². The SMILES string of the molecule is COc1cccc2c1C(=O)C(=O)C(c1c(OC)cc(C)cc1C(=O)O)=C2O. The highest BCUT2D eigenvalue weighted by atomic mass is 16.5. The third kappa shape index (κ3) is 2.73. The lowest BCUT2D eigenvalue weighted by Crippen LogP contribution is -2.25. The summed E-state index contributed by atoms with van der Waals surface area (Å²) < 4.78 is 10.4. The third-order valence-corrected chi connectivity index (χ3v) is 4.35. The topological polar surface area (TPSA) is 110 Å². The van der Waals surface area contributed by atoms with Crippen LogP contribution < -0.4 is 9.47 Å². The number of carboxylic acid groups (broad SMARTS) is 1. The summed E-state index contributed by atoms with van der Waals surface area (Å²) in [5.41, 5.74) is -0.178. The van der Waals surface area contributed by atoms with Gasteiger partial charge in [0, 0.05) is 11.1 Å². The second-order valence-electron chi connectivity index (χ2n) is 5.96. The summed E-state index contributed by atoms with van der Waals surface area (Å²) in [5, 5.41) is 20.4. The zero-order valence-electron chi connectivity index (χ0n) is 14.8. The summed E-state index contributed by atoms with van der Waals surface area (Å²) in [5.74, 6) is -3.53. The second kappa shape index (κ2) is 6.60. The maximum absolute atomic E-state index is 12.8. The fourth-order valence-corrected chi connectivity index (χ4v) is 3.17. The largest absolute Gasteiger partial charge is 0.506 e. The molecule has 138 valence electrons. The Hall–Kier alpha value is -3.61. The minimum absolute atomic E-state index is 0.0609. The average Bonchev–Trinajstić information content (AvgIpc) is 2.65. The Kier molecular flexibility index (Phi) is 4.45. The van der Waals surface area contributed by atoms with Crippen LogP contribution in [0.4, 0.5) is 0 Å². The number of methoxy groups -OCH3 is 2. The number of Topliss-reactive ketones (excluding diaryl/α,β-unsaturated/α-hetero) is 2. The molecule has 27 heavy (non-hydrogen) atoms. The van der Waals surface area contributed by atoms with E-state index < -0.39 is 28.9 Å². The van der Waals surface area contributed by atoms with Crippen molar-refractivity contribution in [3.63, 3.8) is 0 Å². The number of fused-ring (bicyclic) bond motifs is 1. The van der Waals surface area contributed by atoms with Gasteiger partial charge in [-0.15, -0.1) is 0 Å². The number of rotatable bonds is 4. The van der Waals surface area contributed by atoms with Crippen molar-refractivity contribution in [3.05, 3.63) is 58.1 Å². The van der Waals surface area contributed by atoms with Crippen LogP contribution in [0, 0.1) is 6.92 Å². The second-order valence-corrected chi connectivity index (χ2v) is 5.96. The molecular formula is C20H16O7. The van der Waals surface area contributed by atoms with Crippen LogP contribution in [-0.4, -0.2) is 42.0 Å². The number of carbonyl (C=O) groups is 3. The number of aliphatic hydroxyl groups excluding tert-OH is 1. The number of carbonyl (C=O) groups excluding carboxylic acids is 2. The predicted octanol–water partition coefficient (Wildman–Crippen LogP) is 2.90. The molecular weight excluding hydrogens is 352 g/mol. The first-order valence-electron chi connectivity index (χ1n) is 7.93. The van der Waals surface area contributed by atoms with Gasteiger partial charge in [-0.25, -0.2) is 4.79 Å². The van der Waals surface area contributed by atoms with Crippen LogP contribution in [0.3, 0.4) is 0 Å². The molecule has 0 saturated carbocycles. The zero-order valence-corrected chi connectivity index (χ0v) is 14.8. The number of hydrogen-bond acceptors (Lipinski definition) is 6. The molecule has 1 aliphatic carbocycles. The molecule has 0 bridgehead atoms. The number of ether oxygens (including phenoxy) is 2. The van der Waals surface area contributed by atoms with Crippen LogP contribution in [0.5, 0.6) is 11.5 Å². The summed E-state index contributed by atoms with van der Waals surface area (Å²) in [6.07, 6.45) is 0. The van der Waals surface area contributed by atoms with Gasteiger partial charge in [-0.3, -0.25) is 9.59 Å². The van der Waals surface area contributed by atoms with Gasteiger partial charge in [0.15, 0.2) is 0 Å². The zero-order chi connectivity index (χ0) is 19.9. The Morgan fingerprint density at radius 2 is 1.63 bits per heavy atom. The standard InChI is InChI=1S/C20H16O7/c1-9-7-11(20(24)25)14(13(8-9)27-3)16-17(21)10-5-4-6-12(26-2)15(10)18(22)19(16)23/h4-8,21H,1-3H3,(H,24,25). The molecule has 2 aromatic rings. The molecule has 7 nitrogen and oxygen atoms in total. The first-order chi connectivity index (χ1) is 12.8. The van der Waals surface area contributed by atoms with E-state index in [-0.39, 0.29) is 33.8 Å². The van der Waals surface area contributed by atoms with Crippen molar-refractivity contribution in [2.45, 2.75) is 6.92 Å². The van der Waals surface area contributed by atoms with Crippen LogP contribution in [0.25, 0.3) is 11.3 Å². The van der Waals surface area contributed by atoms with Crippen LogP contribution in [0.15, 0.2) is 30.3 Å². The smallest absolute Gasteiger partial charge is 0.336 e. The number of aryl methyl sites for hydroxylation is 1. The summed E-state index contributed by atoms with van der Waals surface area (Å²) in [6.45, 7) is 1.67. The lowest BCUT2D eigenvalue weighted by Gasteiger charge is -2.22. The van der Waals surface area contributed by atoms with Gasteiger partial charge in [0.1, 0.15) is 17.3 Å². The Bertz CT molecular complexity index is 1030. The van der Waals surface area contributed by atoms with Gasteiger partial charge in [-0.05, 0) is 30.7 Å². The van der Waals surface area contributed by atoms with Crippen molar-refractivity contribution >= 4 is 28.9 Å². The highest BCUT2D eigenvalue weighted by molar-refractivity contribution is 6.62. The summed E-state index contributed by atoms with van der Waals surface area (Å²) >= 11 is 0. The van der Waals surface area contributed by atoms with Crippen molar-refractivity contribution < 1.29 is 34.1 Å². The van der Waals surface area contributed by atoms with E-state index in [0.29, 0.717) is 5.56 Å². The van der Waals surface area contributed by atoms with Gasteiger partial charge in [-0.2, -0.15) is 0 Å². The molecule has 0 aliphatic heterocycles. The van der Waals surface area contributed by atoms with Crippen LogP contribution in [-0.2, 0) is 4.79 Å². The molecule has 0 spiro atoms. The Balaban J connectivity index is 2.43. The van der Waals surface area contributed by atoms with Crippen molar-refractivity contribution in [2.24, 2.45) is 0 Å². The predicted molar refractivity (Wildman–Crippen MR) is 96.5 cm³/mol. The van der Waals surface area contributed by atoms with Gasteiger partial charge >= 0.3 is 5.97 Å². The first-order valence-corrected chi connectivity index (χ1v) is 7.93. The molecule has 0 unspecified atom stereocenters. The molecule has 2 aromatic carbocycles. The van der Waals surface area contributed by atoms with Crippen LogP contribution in [0.2, 0.25) is 0 Å². The van der Waals surface area contributed by atoms with E-state index in [2.05, 4.69) is 0 Å². The molecule has 0 aromatic heterocycles. The molecule has 0 atom stereocenters.